The third-order valence-electron chi connectivity index (χ3n) is 3.01. The maximum Gasteiger partial charge on any atom is 0.181 e. The maximum absolute atomic E-state index is 11.5. The lowest BCUT2D eigenvalue weighted by Gasteiger charge is -2.36. The van der Waals surface area contributed by atoms with Gasteiger partial charge in [0.15, 0.2) is 5.78 Å². The van der Waals surface area contributed by atoms with E-state index in [1.807, 2.05) is 6.08 Å². The fourth-order valence-electron chi connectivity index (χ4n) is 2.05. The summed E-state index contributed by atoms with van der Waals surface area (Å²) in [7, 11) is 0. The molecule has 0 bridgehead atoms. The van der Waals surface area contributed by atoms with Gasteiger partial charge >= 0.3 is 0 Å². The summed E-state index contributed by atoms with van der Waals surface area (Å²) in [6.45, 7) is 12.6. The lowest BCUT2D eigenvalue weighted by molar-refractivity contribution is -0.112. The fourth-order valence-corrected chi connectivity index (χ4v) is 2.05. The molecule has 1 heteroatoms. The highest BCUT2D eigenvalue weighted by atomic mass is 16.1. The molecule has 0 N–H and O–H groups in total. The normalized spacial score (nSPS) is 25.9. The van der Waals surface area contributed by atoms with Gasteiger partial charge in [-0.05, 0) is 35.3 Å². The maximum atomic E-state index is 11.5. The van der Waals surface area contributed by atoms with E-state index in [0.717, 1.165) is 12.0 Å². The van der Waals surface area contributed by atoms with Gasteiger partial charge in [-0.15, -0.1) is 0 Å². The zero-order valence-electron chi connectivity index (χ0n) is 9.63. The number of carbonyl (C=O) groups excluding carboxylic acids is 1. The number of allylic oxidation sites excluding steroid dienone is 3. The molecular weight excluding hydrogens is 172 g/mol. The molecule has 1 nitrogen and oxygen atoms in total. The summed E-state index contributed by atoms with van der Waals surface area (Å²) in [4.78, 5) is 11.5. The summed E-state index contributed by atoms with van der Waals surface area (Å²) < 4.78 is 0. The van der Waals surface area contributed by atoms with Gasteiger partial charge in [0.05, 0.1) is 0 Å². The summed E-state index contributed by atoms with van der Waals surface area (Å²) in [6, 6.07) is 0. The van der Waals surface area contributed by atoms with Crippen LogP contribution in [0, 0.1) is 17.3 Å². The summed E-state index contributed by atoms with van der Waals surface area (Å²) in [5.41, 5.74) is 0.862. The molecule has 0 aromatic rings. The van der Waals surface area contributed by atoms with E-state index in [4.69, 9.17) is 0 Å². The number of hydrogen-bond donors (Lipinski definition) is 0. The average Bonchev–Trinajstić information content (AvgIpc) is 2.06. The zero-order valence-corrected chi connectivity index (χ0v) is 9.63. The Bertz CT molecular complexity index is 282. The quantitative estimate of drug-likeness (QED) is 0.613. The Kier molecular flexibility index (Phi) is 2.98. The van der Waals surface area contributed by atoms with Crippen LogP contribution in [0.1, 0.15) is 34.1 Å². The third kappa shape index (κ3) is 2.14. The number of ketones is 1. The van der Waals surface area contributed by atoms with E-state index in [1.54, 1.807) is 6.08 Å². The molecular formula is C13H20O. The minimum Gasteiger partial charge on any atom is -0.290 e. The van der Waals surface area contributed by atoms with Crippen molar-refractivity contribution in [2.45, 2.75) is 34.1 Å². The van der Waals surface area contributed by atoms with Gasteiger partial charge in [0.2, 0.25) is 0 Å². The van der Waals surface area contributed by atoms with E-state index in [-0.39, 0.29) is 11.2 Å². The molecule has 0 radical (unpaired) electrons. The fraction of sp³-hybridized carbons (Fsp3) is 0.615. The first-order valence-electron chi connectivity index (χ1n) is 5.27. The predicted molar refractivity (Wildman–Crippen MR) is 60.0 cm³/mol. The topological polar surface area (TPSA) is 17.1 Å². The summed E-state index contributed by atoms with van der Waals surface area (Å²) >= 11 is 0. The highest BCUT2D eigenvalue weighted by Gasteiger charge is 2.34. The Balaban J connectivity index is 2.94. The van der Waals surface area contributed by atoms with Crippen LogP contribution in [-0.2, 0) is 4.79 Å². The first-order chi connectivity index (χ1) is 6.34. The van der Waals surface area contributed by atoms with Gasteiger partial charge in [0, 0.05) is 0 Å². The first-order valence-corrected chi connectivity index (χ1v) is 5.27. The van der Waals surface area contributed by atoms with Crippen molar-refractivity contribution in [2.75, 3.05) is 0 Å². The van der Waals surface area contributed by atoms with Gasteiger partial charge in [0.1, 0.15) is 0 Å². The van der Waals surface area contributed by atoms with Gasteiger partial charge in [0.25, 0.3) is 0 Å². The van der Waals surface area contributed by atoms with Crippen LogP contribution in [0.25, 0.3) is 0 Å². The van der Waals surface area contributed by atoms with Crippen LogP contribution in [0.4, 0.5) is 0 Å². The van der Waals surface area contributed by atoms with Crippen molar-refractivity contribution in [1.82, 2.24) is 0 Å². The number of hydrogen-bond acceptors (Lipinski definition) is 1. The molecule has 14 heavy (non-hydrogen) atoms. The minimum absolute atomic E-state index is 0.0786. The Morgan fingerprint density at radius 3 is 2.57 bits per heavy atom. The highest BCUT2D eigenvalue weighted by Crippen LogP contribution is 2.40. The van der Waals surface area contributed by atoms with Crippen LogP contribution < -0.4 is 0 Å². The lowest BCUT2D eigenvalue weighted by atomic mass is 9.67. The molecule has 1 atom stereocenters. The van der Waals surface area contributed by atoms with Gasteiger partial charge in [-0.3, -0.25) is 4.79 Å². The molecule has 0 spiro atoms. The highest BCUT2D eigenvalue weighted by molar-refractivity contribution is 6.05. The molecule has 1 aliphatic rings. The second-order valence-electron chi connectivity index (χ2n) is 5.23. The SMILES string of the molecule is C=C1C(=O)C=CC(C)(C)C1CC(C)C. The molecule has 1 unspecified atom stereocenters. The van der Waals surface area contributed by atoms with Crippen molar-refractivity contribution in [3.05, 3.63) is 24.3 Å². The van der Waals surface area contributed by atoms with Crippen molar-refractivity contribution in [3.8, 4) is 0 Å². The summed E-state index contributed by atoms with van der Waals surface area (Å²) in [6.07, 6.45) is 4.73. The van der Waals surface area contributed by atoms with Crippen LogP contribution in [0.5, 0.6) is 0 Å². The van der Waals surface area contributed by atoms with Crippen molar-refractivity contribution in [3.63, 3.8) is 0 Å². The Labute approximate surface area is 86.9 Å². The number of rotatable bonds is 2. The molecule has 78 valence electrons. The standard InChI is InChI=1S/C13H20O/c1-9(2)8-11-10(3)12(14)6-7-13(11,4)5/h6-7,9,11H,3,8H2,1-2,4-5H3. The molecule has 0 fully saturated rings. The summed E-state index contributed by atoms with van der Waals surface area (Å²) in [5, 5.41) is 0. The van der Waals surface area contributed by atoms with Gasteiger partial charge in [-0.25, -0.2) is 0 Å². The van der Waals surface area contributed by atoms with Crippen LogP contribution >= 0.6 is 0 Å². The molecule has 0 aliphatic heterocycles. The van der Waals surface area contributed by atoms with Crippen LogP contribution in [-0.4, -0.2) is 5.78 Å². The Hall–Kier alpha value is -0.850. The van der Waals surface area contributed by atoms with Crippen LogP contribution in [0.3, 0.4) is 0 Å². The van der Waals surface area contributed by atoms with E-state index in [0.29, 0.717) is 11.8 Å². The molecule has 1 rings (SSSR count). The van der Waals surface area contributed by atoms with Crippen molar-refractivity contribution < 1.29 is 4.79 Å². The molecule has 0 saturated carbocycles. The molecule has 0 amide bonds. The minimum atomic E-state index is 0.0786. The smallest absolute Gasteiger partial charge is 0.181 e. The van der Waals surface area contributed by atoms with Gasteiger partial charge in [-0.1, -0.05) is 40.3 Å². The van der Waals surface area contributed by atoms with Crippen molar-refractivity contribution in [1.29, 1.82) is 0 Å². The van der Waals surface area contributed by atoms with E-state index in [9.17, 15) is 4.79 Å². The largest absolute Gasteiger partial charge is 0.290 e. The molecule has 0 saturated heterocycles. The van der Waals surface area contributed by atoms with Crippen LogP contribution in [0.15, 0.2) is 24.3 Å². The van der Waals surface area contributed by atoms with Crippen molar-refractivity contribution in [2.24, 2.45) is 17.3 Å². The Morgan fingerprint density at radius 2 is 2.07 bits per heavy atom. The van der Waals surface area contributed by atoms with E-state index < -0.39 is 0 Å². The zero-order chi connectivity index (χ0) is 10.9. The third-order valence-corrected chi connectivity index (χ3v) is 3.01. The molecule has 0 aromatic heterocycles. The van der Waals surface area contributed by atoms with Crippen LogP contribution in [0.2, 0.25) is 0 Å². The van der Waals surface area contributed by atoms with E-state index in [2.05, 4.69) is 34.3 Å². The predicted octanol–water partition coefficient (Wildman–Crippen LogP) is 3.37. The monoisotopic (exact) mass is 192 g/mol. The second-order valence-corrected chi connectivity index (χ2v) is 5.23. The van der Waals surface area contributed by atoms with Gasteiger partial charge in [-0.2, -0.15) is 0 Å². The lowest BCUT2D eigenvalue weighted by Crippen LogP contribution is -2.31. The number of carbonyl (C=O) groups is 1. The summed E-state index contributed by atoms with van der Waals surface area (Å²) in [5.74, 6) is 1.02. The molecule has 0 heterocycles. The van der Waals surface area contributed by atoms with Crippen molar-refractivity contribution >= 4 is 5.78 Å². The van der Waals surface area contributed by atoms with Gasteiger partial charge < -0.3 is 0 Å². The Morgan fingerprint density at radius 1 is 1.50 bits per heavy atom. The first kappa shape index (κ1) is 11.2. The van der Waals surface area contributed by atoms with E-state index in [1.165, 1.54) is 0 Å². The molecule has 0 aromatic carbocycles. The average molecular weight is 192 g/mol. The second kappa shape index (κ2) is 3.72. The van der Waals surface area contributed by atoms with E-state index >= 15 is 0 Å². The molecule has 1 aliphatic carbocycles.